The highest BCUT2D eigenvalue weighted by Crippen LogP contribution is 2.48. The van der Waals surface area contributed by atoms with Crippen LogP contribution in [0.2, 0.25) is 0 Å². The van der Waals surface area contributed by atoms with Gasteiger partial charge in [0.05, 0.1) is 89.0 Å². The Balaban J connectivity index is 0.953. The van der Waals surface area contributed by atoms with Gasteiger partial charge < -0.3 is 49.3 Å². The van der Waals surface area contributed by atoms with Crippen LogP contribution in [0, 0.1) is 17.7 Å². The fourth-order valence-corrected chi connectivity index (χ4v) is 12.2. The second kappa shape index (κ2) is 20.2. The molecule has 4 amide bonds. The van der Waals surface area contributed by atoms with Gasteiger partial charge in [0.25, 0.3) is 0 Å². The van der Waals surface area contributed by atoms with E-state index in [1.54, 1.807) is 28.6 Å². The summed E-state index contributed by atoms with van der Waals surface area (Å²) in [5, 5.41) is 7.35. The van der Waals surface area contributed by atoms with Crippen molar-refractivity contribution in [3.8, 4) is 39.5 Å². The first-order valence-corrected chi connectivity index (χ1v) is 26.1. The number of likely N-dealkylation sites (tertiary alicyclic amines) is 2. The highest BCUT2D eigenvalue weighted by Gasteiger charge is 2.43. The number of imidazole rings is 2. The molecule has 4 aromatic heterocycles. The maximum atomic E-state index is 17.0. The van der Waals surface area contributed by atoms with Crippen LogP contribution in [-0.4, -0.2) is 115 Å². The van der Waals surface area contributed by atoms with E-state index in [1.165, 1.54) is 20.3 Å². The van der Waals surface area contributed by atoms with Gasteiger partial charge in [0.15, 0.2) is 0 Å². The van der Waals surface area contributed by atoms with E-state index in [0.717, 1.165) is 44.9 Å². The first-order chi connectivity index (χ1) is 35.1. The maximum absolute atomic E-state index is 17.0. The number of carbonyl (C=O) groups excluding carboxylic acids is 4. The summed E-state index contributed by atoms with van der Waals surface area (Å²) in [4.78, 5) is 78.6. The number of alkyl carbamates (subject to hydrolysis) is 2. The number of benzene rings is 2. The molecule has 3 saturated heterocycles. The number of fused-ring (bicyclic) bond motifs is 5. The Hall–Kier alpha value is -6.80. The van der Waals surface area contributed by atoms with Gasteiger partial charge in [-0.2, -0.15) is 0 Å². The Morgan fingerprint density at radius 1 is 0.795 bits per heavy atom. The summed E-state index contributed by atoms with van der Waals surface area (Å²) in [5.41, 5.74) is 4.48. The van der Waals surface area contributed by atoms with Crippen molar-refractivity contribution in [1.82, 2.24) is 49.9 Å². The number of amides is 4. The standard InChI is InChI=1S/C53H63FN10O8S/c1-26(2)44(60-52(67)69-7)49(65)62-15-9-11-38(62)47-56-24-36(59-47)31-20-34(54)43-40-21-32-19-30(13-14-37(32)64(40)51(72-41(43)22-31)42-25-57-48(73-42)27(3)4)35-23-55-46(58-35)39-12-10-16-63(39)50(66)45(61-53(68)70-8)33-17-28(5)71-29(6)18-33/h13-14,19-29,33,38-39,44-45,51H,9-12,15-18H2,1-8H3,(H,55,58)(H,56,59)(H,60,67)(H,61,68)/t28-,29+,33?,38?,39-,44-,45?,51?/m0/s1. The first kappa shape index (κ1) is 49.8. The zero-order chi connectivity index (χ0) is 51.4. The van der Waals surface area contributed by atoms with Gasteiger partial charge in [-0.1, -0.05) is 33.8 Å². The van der Waals surface area contributed by atoms with Gasteiger partial charge in [-0.15, -0.1) is 11.3 Å². The number of H-pyrrole nitrogens is 2. The monoisotopic (exact) mass is 1020 g/mol. The molecule has 4 aliphatic rings. The molecule has 3 fully saturated rings. The van der Waals surface area contributed by atoms with Gasteiger partial charge in [-0.3, -0.25) is 14.2 Å². The minimum Gasteiger partial charge on any atom is -0.464 e. The van der Waals surface area contributed by atoms with Gasteiger partial charge in [0, 0.05) is 41.7 Å². The van der Waals surface area contributed by atoms with Crippen molar-refractivity contribution in [3.05, 3.63) is 82.3 Å². The minimum atomic E-state index is -0.779. The highest BCUT2D eigenvalue weighted by atomic mass is 32.1. The minimum absolute atomic E-state index is 0.0543. The molecule has 2 aromatic carbocycles. The van der Waals surface area contributed by atoms with Crippen LogP contribution in [0.4, 0.5) is 14.0 Å². The Morgan fingerprint density at radius 3 is 2.04 bits per heavy atom. The number of aromatic nitrogens is 6. The molecule has 20 heteroatoms. The molecule has 10 rings (SSSR count). The lowest BCUT2D eigenvalue weighted by Crippen LogP contribution is -2.54. The van der Waals surface area contributed by atoms with Crippen LogP contribution in [0.25, 0.3) is 44.7 Å². The molecule has 8 heterocycles. The molecule has 0 aliphatic carbocycles. The van der Waals surface area contributed by atoms with Gasteiger partial charge in [0.2, 0.25) is 18.0 Å². The van der Waals surface area contributed by atoms with Crippen LogP contribution >= 0.6 is 11.3 Å². The van der Waals surface area contributed by atoms with E-state index in [0.29, 0.717) is 78.7 Å². The maximum Gasteiger partial charge on any atom is 0.407 e. The third kappa shape index (κ3) is 9.54. The van der Waals surface area contributed by atoms with Gasteiger partial charge >= 0.3 is 12.2 Å². The summed E-state index contributed by atoms with van der Waals surface area (Å²) >= 11 is 1.56. The molecule has 0 saturated carbocycles. The zero-order valence-corrected chi connectivity index (χ0v) is 43.2. The van der Waals surface area contributed by atoms with Crippen molar-refractivity contribution in [3.63, 3.8) is 0 Å². The number of carbonyl (C=O) groups is 4. The fraction of sp³-hybridized carbons (Fsp3) is 0.491. The zero-order valence-electron chi connectivity index (χ0n) is 42.4. The number of nitrogens with zero attached hydrogens (tertiary/aromatic N) is 6. The molecule has 18 nitrogen and oxygen atoms in total. The van der Waals surface area contributed by atoms with Crippen molar-refractivity contribution in [2.45, 2.75) is 129 Å². The van der Waals surface area contributed by atoms with E-state index in [9.17, 15) is 19.2 Å². The Bertz CT molecular complexity index is 3040. The molecule has 6 aromatic rings. The average Bonchev–Trinajstić information content (AvgIpc) is 4.23. The quantitative estimate of drug-likeness (QED) is 0.0907. The van der Waals surface area contributed by atoms with Crippen LogP contribution in [0.1, 0.15) is 126 Å². The van der Waals surface area contributed by atoms with Crippen molar-refractivity contribution in [2.75, 3.05) is 27.3 Å². The van der Waals surface area contributed by atoms with Gasteiger partial charge in [-0.05, 0) is 94.5 Å². The summed E-state index contributed by atoms with van der Waals surface area (Å²) in [6, 6.07) is 9.10. The van der Waals surface area contributed by atoms with E-state index in [-0.39, 0.29) is 53.9 Å². The number of rotatable bonds is 12. The largest absolute Gasteiger partial charge is 0.464 e. The lowest BCUT2D eigenvalue weighted by Gasteiger charge is -2.38. The molecule has 8 atom stereocenters. The van der Waals surface area contributed by atoms with Crippen molar-refractivity contribution >= 4 is 46.2 Å². The number of halogens is 1. The third-order valence-corrected chi connectivity index (χ3v) is 16.1. The summed E-state index contributed by atoms with van der Waals surface area (Å²) in [6.07, 6.45) is 7.34. The van der Waals surface area contributed by atoms with E-state index >= 15 is 4.39 Å². The molecule has 4 aliphatic heterocycles. The number of thiazole rings is 1. The number of aromatic amines is 2. The number of hydrogen-bond acceptors (Lipinski definition) is 12. The van der Waals surface area contributed by atoms with Crippen LogP contribution in [0.3, 0.4) is 0 Å². The van der Waals surface area contributed by atoms with Crippen molar-refractivity contribution in [2.24, 2.45) is 11.8 Å². The second-order valence-electron chi connectivity index (χ2n) is 20.4. The molecule has 0 spiro atoms. The molecular weight excluding hydrogens is 956 g/mol. The molecule has 4 N–H and O–H groups in total. The number of nitrogens with one attached hydrogen (secondary N) is 4. The predicted octanol–water partition coefficient (Wildman–Crippen LogP) is 9.38. The lowest BCUT2D eigenvalue weighted by molar-refractivity contribution is -0.138. The number of ether oxygens (including phenoxy) is 4. The van der Waals surface area contributed by atoms with E-state index < -0.39 is 36.3 Å². The summed E-state index contributed by atoms with van der Waals surface area (Å²) in [5.74, 6) is 0.589. The molecule has 386 valence electrons. The Labute approximate surface area is 426 Å². The molecule has 4 unspecified atom stereocenters. The van der Waals surface area contributed by atoms with E-state index in [1.807, 2.05) is 73.7 Å². The van der Waals surface area contributed by atoms with Crippen LogP contribution < -0.4 is 15.4 Å². The Kier molecular flexibility index (Phi) is 13.8. The van der Waals surface area contributed by atoms with Gasteiger partial charge in [0.1, 0.15) is 35.3 Å². The lowest BCUT2D eigenvalue weighted by atomic mass is 9.85. The first-order valence-electron chi connectivity index (χ1n) is 25.3. The normalized spacial score (nSPS) is 22.5. The molecule has 0 bridgehead atoms. The predicted molar refractivity (Wildman–Crippen MR) is 271 cm³/mol. The van der Waals surface area contributed by atoms with Gasteiger partial charge in [-0.25, -0.2) is 28.9 Å². The summed E-state index contributed by atoms with van der Waals surface area (Å²) in [6.45, 7) is 12.9. The smallest absolute Gasteiger partial charge is 0.407 e. The van der Waals surface area contributed by atoms with Crippen molar-refractivity contribution < 1.29 is 42.5 Å². The number of methoxy groups -OCH3 is 2. The van der Waals surface area contributed by atoms with Crippen molar-refractivity contribution in [1.29, 1.82) is 0 Å². The highest BCUT2D eigenvalue weighted by molar-refractivity contribution is 7.11. The number of hydrogen-bond donors (Lipinski definition) is 4. The summed E-state index contributed by atoms with van der Waals surface area (Å²) in [7, 11) is 2.57. The van der Waals surface area contributed by atoms with Crippen LogP contribution in [0.5, 0.6) is 5.75 Å². The average molecular weight is 1020 g/mol. The summed E-state index contributed by atoms with van der Waals surface area (Å²) < 4.78 is 41.6. The van der Waals surface area contributed by atoms with Crippen LogP contribution in [-0.2, 0) is 23.8 Å². The van der Waals surface area contributed by atoms with Crippen LogP contribution in [0.15, 0.2) is 55.0 Å². The van der Waals surface area contributed by atoms with E-state index in [4.69, 9.17) is 33.9 Å². The molecule has 0 radical (unpaired) electrons. The second-order valence-corrected chi connectivity index (χ2v) is 21.5. The third-order valence-electron chi connectivity index (χ3n) is 14.7. The SMILES string of the molecule is COC(=O)NC(C(=O)N1CCC[C@H]1c1ncc(-c2ccc3c(c2)cc2n3C(c3cnc(C(C)C)s3)Oc3cc(-c4cnc(C5CCCN5C(=O)[C@@H](NC(=O)OC)C(C)C)[nH]4)cc(F)c3-2)[nH]1)C1C[C@@H](C)O[C@@H](C)C1. The molecular formula is C53H63FN10O8S. The molecule has 73 heavy (non-hydrogen) atoms. The Morgan fingerprint density at radius 2 is 1.42 bits per heavy atom. The topological polar surface area (TPSA) is 211 Å². The van der Waals surface area contributed by atoms with E-state index in [2.05, 4.69) is 34.4 Å². The fourth-order valence-electron chi connectivity index (χ4n) is 11.3.